The molecular weight excluding hydrogens is 336 g/mol. The number of nitrogens with one attached hydrogen (secondary N) is 2. The van der Waals surface area contributed by atoms with E-state index in [1.165, 1.54) is 18.2 Å². The van der Waals surface area contributed by atoms with Gasteiger partial charge >= 0.3 is 0 Å². The average Bonchev–Trinajstić information content (AvgIpc) is 2.47. The van der Waals surface area contributed by atoms with Gasteiger partial charge in [-0.3, -0.25) is 10.1 Å². The number of carbonyl (C=O) groups is 2. The lowest BCUT2D eigenvalue weighted by molar-refractivity contribution is -0.255. The number of carboxylic acid groups (broad SMARTS) is 1. The minimum atomic E-state index is -1.36. The van der Waals surface area contributed by atoms with E-state index in [1.54, 1.807) is 12.1 Å². The number of halogens is 1. The first kappa shape index (κ1) is 16.9. The number of amides is 1. The second-order valence-electron chi connectivity index (χ2n) is 4.71. The molecule has 0 saturated carbocycles. The third-order valence-electron chi connectivity index (χ3n) is 3.06. The topological polar surface area (TPSA) is 81.3 Å². The minimum absolute atomic E-state index is 0.0167. The van der Waals surface area contributed by atoms with Gasteiger partial charge in [0.25, 0.3) is 5.91 Å². The van der Waals surface area contributed by atoms with Crippen LogP contribution in [0.5, 0.6) is 0 Å². The summed E-state index contributed by atoms with van der Waals surface area (Å²) in [5.74, 6) is -1.70. The summed E-state index contributed by atoms with van der Waals surface area (Å²) in [6, 6.07) is 11.3. The molecule has 0 heterocycles. The van der Waals surface area contributed by atoms with Crippen molar-refractivity contribution in [2.45, 2.75) is 6.92 Å². The fourth-order valence-electron chi connectivity index (χ4n) is 1.92. The molecular formula is C16H12ClN2O3S-. The second-order valence-corrected chi connectivity index (χ2v) is 5.52. The largest absolute Gasteiger partial charge is 0.545 e. The lowest BCUT2D eigenvalue weighted by atomic mass is 10.1. The number of carboxylic acids is 1. The molecule has 2 aromatic rings. The Kier molecular flexibility index (Phi) is 5.31. The van der Waals surface area contributed by atoms with E-state index in [0.717, 1.165) is 5.56 Å². The Morgan fingerprint density at radius 1 is 1.13 bits per heavy atom. The Bertz CT molecular complexity index is 793. The molecule has 0 radical (unpaired) electrons. The lowest BCUT2D eigenvalue weighted by Gasteiger charge is -2.12. The van der Waals surface area contributed by atoms with Gasteiger partial charge in [-0.1, -0.05) is 29.8 Å². The number of hydrogen-bond acceptors (Lipinski definition) is 4. The Balaban J connectivity index is 2.05. The molecule has 1 amide bonds. The van der Waals surface area contributed by atoms with Crippen molar-refractivity contribution in [3.63, 3.8) is 0 Å². The van der Waals surface area contributed by atoms with Gasteiger partial charge in [-0.2, -0.15) is 0 Å². The van der Waals surface area contributed by atoms with Crippen LogP contribution in [0.4, 0.5) is 5.69 Å². The Morgan fingerprint density at radius 2 is 1.83 bits per heavy atom. The van der Waals surface area contributed by atoms with Crippen LogP contribution in [-0.4, -0.2) is 17.0 Å². The standard InChI is InChI=1S/C16H13ClN2O3S/c1-9-4-2-3-5-11(9)14(20)19-16(23)18-10-6-7-12(15(21)22)13(17)8-10/h2-8H,1H3,(H,21,22)(H2,18,19,20,23)/p-1. The monoisotopic (exact) mass is 347 g/mol. The van der Waals surface area contributed by atoms with Crippen LogP contribution in [0.3, 0.4) is 0 Å². The first-order valence-corrected chi connectivity index (χ1v) is 7.36. The second kappa shape index (κ2) is 7.21. The third-order valence-corrected chi connectivity index (χ3v) is 3.58. The van der Waals surface area contributed by atoms with E-state index in [-0.39, 0.29) is 21.6 Å². The van der Waals surface area contributed by atoms with Crippen molar-refractivity contribution in [3.8, 4) is 0 Å². The maximum atomic E-state index is 12.1. The van der Waals surface area contributed by atoms with Crippen molar-refractivity contribution >= 4 is 46.5 Å². The zero-order chi connectivity index (χ0) is 17.0. The maximum absolute atomic E-state index is 12.1. The molecule has 0 spiro atoms. The number of anilines is 1. The van der Waals surface area contributed by atoms with E-state index in [4.69, 9.17) is 23.8 Å². The molecule has 2 N–H and O–H groups in total. The molecule has 0 aliphatic carbocycles. The normalized spacial score (nSPS) is 10.0. The SMILES string of the molecule is Cc1ccccc1C(=O)NC(=S)Nc1ccc(C(=O)[O-])c(Cl)c1. The van der Waals surface area contributed by atoms with Gasteiger partial charge in [-0.05, 0) is 49.0 Å². The number of thiocarbonyl (C=S) groups is 1. The molecule has 5 nitrogen and oxygen atoms in total. The number of rotatable bonds is 3. The van der Waals surface area contributed by atoms with Gasteiger partial charge in [0.15, 0.2) is 5.11 Å². The summed E-state index contributed by atoms with van der Waals surface area (Å²) >= 11 is 10.9. The van der Waals surface area contributed by atoms with Crippen LogP contribution < -0.4 is 15.7 Å². The van der Waals surface area contributed by atoms with Crippen LogP contribution in [0.15, 0.2) is 42.5 Å². The van der Waals surface area contributed by atoms with Gasteiger partial charge in [-0.15, -0.1) is 0 Å². The van der Waals surface area contributed by atoms with E-state index in [2.05, 4.69) is 10.6 Å². The minimum Gasteiger partial charge on any atom is -0.545 e. The quantitative estimate of drug-likeness (QED) is 0.831. The molecule has 0 aromatic heterocycles. The predicted molar refractivity (Wildman–Crippen MR) is 90.6 cm³/mol. The van der Waals surface area contributed by atoms with E-state index >= 15 is 0 Å². The molecule has 0 saturated heterocycles. The van der Waals surface area contributed by atoms with Gasteiger partial charge in [0.05, 0.1) is 11.0 Å². The first-order valence-electron chi connectivity index (χ1n) is 6.57. The molecule has 23 heavy (non-hydrogen) atoms. The molecule has 7 heteroatoms. The lowest BCUT2D eigenvalue weighted by Crippen LogP contribution is -2.34. The predicted octanol–water partition coefficient (Wildman–Crippen LogP) is 2.14. The summed E-state index contributed by atoms with van der Waals surface area (Å²) in [7, 11) is 0. The van der Waals surface area contributed by atoms with Gasteiger partial charge in [-0.25, -0.2) is 0 Å². The molecule has 0 aliphatic heterocycles. The van der Waals surface area contributed by atoms with Gasteiger partial charge in [0, 0.05) is 16.8 Å². The molecule has 0 atom stereocenters. The maximum Gasteiger partial charge on any atom is 0.257 e. The summed E-state index contributed by atoms with van der Waals surface area (Å²) in [4.78, 5) is 22.9. The number of carbonyl (C=O) groups excluding carboxylic acids is 2. The molecule has 118 valence electrons. The van der Waals surface area contributed by atoms with E-state index in [0.29, 0.717) is 11.3 Å². The molecule has 0 fully saturated rings. The van der Waals surface area contributed by atoms with Crippen molar-refractivity contribution in [1.29, 1.82) is 0 Å². The number of aromatic carboxylic acids is 1. The van der Waals surface area contributed by atoms with Crippen molar-refractivity contribution in [2.24, 2.45) is 0 Å². The number of benzene rings is 2. The first-order chi connectivity index (χ1) is 10.9. The summed E-state index contributed by atoms with van der Waals surface area (Å²) < 4.78 is 0. The molecule has 0 aliphatic rings. The Morgan fingerprint density at radius 3 is 2.43 bits per heavy atom. The van der Waals surface area contributed by atoms with Crippen LogP contribution in [0.1, 0.15) is 26.3 Å². The number of hydrogen-bond donors (Lipinski definition) is 2. The summed E-state index contributed by atoms with van der Waals surface area (Å²) in [6.45, 7) is 1.82. The van der Waals surface area contributed by atoms with Gasteiger partial charge in [0.1, 0.15) is 0 Å². The molecule has 0 unspecified atom stereocenters. The van der Waals surface area contributed by atoms with E-state index in [1.807, 2.05) is 19.1 Å². The fraction of sp³-hybridized carbons (Fsp3) is 0.0625. The summed E-state index contributed by atoms with van der Waals surface area (Å²) in [6.07, 6.45) is 0. The van der Waals surface area contributed by atoms with Crippen LogP contribution in [0.2, 0.25) is 5.02 Å². The Hall–Kier alpha value is -2.44. The third kappa shape index (κ3) is 4.28. The Labute approximate surface area is 143 Å². The highest BCUT2D eigenvalue weighted by molar-refractivity contribution is 7.80. The number of aryl methyl sites for hydroxylation is 1. The fourth-order valence-corrected chi connectivity index (χ4v) is 2.39. The van der Waals surface area contributed by atoms with Crippen molar-refractivity contribution in [1.82, 2.24) is 5.32 Å². The smallest absolute Gasteiger partial charge is 0.257 e. The van der Waals surface area contributed by atoms with E-state index < -0.39 is 5.97 Å². The summed E-state index contributed by atoms with van der Waals surface area (Å²) in [5, 5.41) is 16.2. The van der Waals surface area contributed by atoms with Gasteiger partial charge < -0.3 is 15.2 Å². The highest BCUT2D eigenvalue weighted by Gasteiger charge is 2.10. The zero-order valence-corrected chi connectivity index (χ0v) is 13.6. The zero-order valence-electron chi connectivity index (χ0n) is 12.1. The van der Waals surface area contributed by atoms with Crippen LogP contribution >= 0.6 is 23.8 Å². The van der Waals surface area contributed by atoms with Crippen molar-refractivity contribution in [2.75, 3.05) is 5.32 Å². The highest BCUT2D eigenvalue weighted by atomic mass is 35.5. The highest BCUT2D eigenvalue weighted by Crippen LogP contribution is 2.20. The van der Waals surface area contributed by atoms with Crippen molar-refractivity contribution < 1.29 is 14.7 Å². The summed E-state index contributed by atoms with van der Waals surface area (Å²) in [5.41, 5.74) is 1.68. The molecule has 2 aromatic carbocycles. The molecule has 0 bridgehead atoms. The van der Waals surface area contributed by atoms with E-state index in [9.17, 15) is 14.7 Å². The van der Waals surface area contributed by atoms with Crippen LogP contribution in [-0.2, 0) is 0 Å². The van der Waals surface area contributed by atoms with Crippen LogP contribution in [0.25, 0.3) is 0 Å². The molecule has 2 rings (SSSR count). The van der Waals surface area contributed by atoms with Crippen molar-refractivity contribution in [3.05, 3.63) is 64.2 Å². The van der Waals surface area contributed by atoms with Crippen LogP contribution in [0, 0.1) is 6.92 Å². The average molecular weight is 348 g/mol. The van der Waals surface area contributed by atoms with Gasteiger partial charge in [0.2, 0.25) is 0 Å².